The van der Waals surface area contributed by atoms with E-state index in [0.29, 0.717) is 36.4 Å². The van der Waals surface area contributed by atoms with Crippen molar-refractivity contribution >= 4 is 27.6 Å². The number of nitrogens with one attached hydrogen (secondary N) is 1. The van der Waals surface area contributed by atoms with E-state index in [-0.39, 0.29) is 10.5 Å². The molecule has 1 amide bonds. The van der Waals surface area contributed by atoms with Crippen LogP contribution in [-0.4, -0.2) is 50.9 Å². The number of carbonyl (C=O) groups excluding carboxylic acids is 2. The quantitative estimate of drug-likeness (QED) is 0.594. The van der Waals surface area contributed by atoms with Crippen LogP contribution in [0.1, 0.15) is 43.1 Å². The molecule has 1 saturated heterocycles. The summed E-state index contributed by atoms with van der Waals surface area (Å²) in [6, 6.07) is 11.0. The second-order valence-electron chi connectivity index (χ2n) is 9.03. The number of benzene rings is 2. The summed E-state index contributed by atoms with van der Waals surface area (Å²) in [5.41, 5.74) is 1.57. The summed E-state index contributed by atoms with van der Waals surface area (Å²) in [4.78, 5) is 25.2. The van der Waals surface area contributed by atoms with Crippen LogP contribution in [0.3, 0.4) is 0 Å². The van der Waals surface area contributed by atoms with Crippen molar-refractivity contribution in [2.24, 2.45) is 11.8 Å². The average molecular weight is 489 g/mol. The lowest BCUT2D eigenvalue weighted by Gasteiger charge is -2.34. The number of amides is 1. The van der Waals surface area contributed by atoms with Gasteiger partial charge in [0.05, 0.1) is 23.3 Å². The Kier molecular flexibility index (Phi) is 7.99. The number of sulfonamides is 1. The molecule has 0 aromatic heterocycles. The standard InChI is InChI=1S/C25H32N2O6S/c1-16-6-11-23(32-5)22(13-16)26-24(28)19(4)33-25(29)20-7-9-21(10-8-20)34(30,31)27-14-17(2)12-18(3)15-27/h6-11,13,17-19H,12,14-15H2,1-5H3,(H,26,28). The topological polar surface area (TPSA) is 102 Å². The van der Waals surface area contributed by atoms with Gasteiger partial charge in [0.15, 0.2) is 6.10 Å². The molecule has 1 fully saturated rings. The van der Waals surface area contributed by atoms with Crippen molar-refractivity contribution in [1.29, 1.82) is 0 Å². The summed E-state index contributed by atoms with van der Waals surface area (Å²) in [5, 5.41) is 2.71. The van der Waals surface area contributed by atoms with E-state index >= 15 is 0 Å². The van der Waals surface area contributed by atoms with E-state index in [2.05, 4.69) is 5.32 Å². The first-order valence-corrected chi connectivity index (χ1v) is 12.7. The molecule has 1 heterocycles. The summed E-state index contributed by atoms with van der Waals surface area (Å²) in [6.07, 6.45) is -0.0726. The lowest BCUT2D eigenvalue weighted by molar-refractivity contribution is -0.123. The molecule has 0 spiro atoms. The molecule has 3 unspecified atom stereocenters. The van der Waals surface area contributed by atoms with Crippen molar-refractivity contribution in [2.75, 3.05) is 25.5 Å². The zero-order valence-electron chi connectivity index (χ0n) is 20.2. The lowest BCUT2D eigenvalue weighted by Crippen LogP contribution is -2.42. The maximum Gasteiger partial charge on any atom is 0.338 e. The van der Waals surface area contributed by atoms with Crippen LogP contribution >= 0.6 is 0 Å². The van der Waals surface area contributed by atoms with Crippen LogP contribution in [-0.2, 0) is 19.6 Å². The summed E-state index contributed by atoms with van der Waals surface area (Å²) < 4.78 is 38.1. The first-order valence-electron chi connectivity index (χ1n) is 11.3. The second kappa shape index (κ2) is 10.6. The minimum Gasteiger partial charge on any atom is -0.495 e. The number of esters is 1. The highest BCUT2D eigenvalue weighted by Gasteiger charge is 2.31. The third-order valence-corrected chi connectivity index (χ3v) is 7.67. The van der Waals surface area contributed by atoms with Gasteiger partial charge in [-0.05, 0) is 74.1 Å². The van der Waals surface area contributed by atoms with Gasteiger partial charge < -0.3 is 14.8 Å². The van der Waals surface area contributed by atoms with Crippen molar-refractivity contribution in [3.05, 3.63) is 53.6 Å². The average Bonchev–Trinajstić information content (AvgIpc) is 2.78. The molecule has 2 aromatic carbocycles. The van der Waals surface area contributed by atoms with Gasteiger partial charge in [-0.2, -0.15) is 4.31 Å². The largest absolute Gasteiger partial charge is 0.495 e. The molecule has 2 aromatic rings. The van der Waals surface area contributed by atoms with Crippen LogP contribution in [0.25, 0.3) is 0 Å². The molecule has 34 heavy (non-hydrogen) atoms. The highest BCUT2D eigenvalue weighted by molar-refractivity contribution is 7.89. The minimum absolute atomic E-state index is 0.127. The van der Waals surface area contributed by atoms with E-state index in [0.717, 1.165) is 12.0 Å². The van der Waals surface area contributed by atoms with E-state index < -0.39 is 28.0 Å². The number of hydrogen-bond donors (Lipinski definition) is 1. The van der Waals surface area contributed by atoms with Gasteiger partial charge in [-0.1, -0.05) is 19.9 Å². The van der Waals surface area contributed by atoms with Crippen LogP contribution in [0.15, 0.2) is 47.4 Å². The molecular formula is C25H32N2O6S. The minimum atomic E-state index is -3.65. The first kappa shape index (κ1) is 25.7. The van der Waals surface area contributed by atoms with Crippen LogP contribution in [0.4, 0.5) is 5.69 Å². The van der Waals surface area contributed by atoms with Gasteiger partial charge in [-0.3, -0.25) is 4.79 Å². The summed E-state index contributed by atoms with van der Waals surface area (Å²) in [7, 11) is -2.15. The van der Waals surface area contributed by atoms with E-state index in [4.69, 9.17) is 9.47 Å². The van der Waals surface area contributed by atoms with Gasteiger partial charge in [-0.15, -0.1) is 0 Å². The molecule has 0 saturated carbocycles. The molecule has 3 rings (SSSR count). The van der Waals surface area contributed by atoms with Gasteiger partial charge in [-0.25, -0.2) is 13.2 Å². The van der Waals surface area contributed by atoms with E-state index in [1.54, 1.807) is 12.1 Å². The number of rotatable bonds is 7. The summed E-state index contributed by atoms with van der Waals surface area (Å²) in [5.74, 6) is -0.153. The Hall–Kier alpha value is -2.91. The van der Waals surface area contributed by atoms with Crippen molar-refractivity contribution < 1.29 is 27.5 Å². The number of aryl methyl sites for hydroxylation is 1. The van der Waals surface area contributed by atoms with Gasteiger partial charge in [0.2, 0.25) is 10.0 Å². The van der Waals surface area contributed by atoms with Crippen molar-refractivity contribution in [3.8, 4) is 5.75 Å². The number of piperidine rings is 1. The zero-order valence-corrected chi connectivity index (χ0v) is 21.0. The Morgan fingerprint density at radius 1 is 1.06 bits per heavy atom. The summed E-state index contributed by atoms with van der Waals surface area (Å²) >= 11 is 0. The van der Waals surface area contributed by atoms with E-state index in [1.165, 1.54) is 42.6 Å². The van der Waals surface area contributed by atoms with Crippen molar-refractivity contribution in [1.82, 2.24) is 4.31 Å². The van der Waals surface area contributed by atoms with Crippen LogP contribution in [0.5, 0.6) is 5.75 Å². The first-order chi connectivity index (χ1) is 16.0. The maximum absolute atomic E-state index is 13.0. The van der Waals surface area contributed by atoms with E-state index in [1.807, 2.05) is 26.8 Å². The van der Waals surface area contributed by atoms with Gasteiger partial charge in [0, 0.05) is 13.1 Å². The number of methoxy groups -OCH3 is 1. The molecule has 1 aliphatic rings. The monoisotopic (exact) mass is 488 g/mol. The summed E-state index contributed by atoms with van der Waals surface area (Å²) in [6.45, 7) is 8.40. The Labute approximate surface area is 201 Å². The lowest BCUT2D eigenvalue weighted by atomic mass is 9.94. The molecule has 184 valence electrons. The maximum atomic E-state index is 13.0. The SMILES string of the molecule is COc1ccc(C)cc1NC(=O)C(C)OC(=O)c1ccc(S(=O)(=O)N2CC(C)CC(C)C2)cc1. The normalized spacial score (nSPS) is 19.8. The van der Waals surface area contributed by atoms with Crippen molar-refractivity contribution in [3.63, 3.8) is 0 Å². The number of nitrogens with zero attached hydrogens (tertiary/aromatic N) is 1. The Morgan fingerprint density at radius 2 is 1.68 bits per heavy atom. The second-order valence-corrected chi connectivity index (χ2v) is 11.0. The Bertz CT molecular complexity index is 1140. The number of hydrogen-bond acceptors (Lipinski definition) is 6. The molecular weight excluding hydrogens is 456 g/mol. The molecule has 0 radical (unpaired) electrons. The van der Waals surface area contributed by atoms with E-state index in [9.17, 15) is 18.0 Å². The molecule has 9 heteroatoms. The number of carbonyl (C=O) groups is 2. The van der Waals surface area contributed by atoms with Crippen molar-refractivity contribution in [2.45, 2.75) is 45.1 Å². The molecule has 1 aliphatic heterocycles. The molecule has 8 nitrogen and oxygen atoms in total. The molecule has 0 bridgehead atoms. The molecule has 0 aliphatic carbocycles. The van der Waals surface area contributed by atoms with Gasteiger partial charge in [0.25, 0.3) is 5.91 Å². The van der Waals surface area contributed by atoms with Crippen LogP contribution in [0, 0.1) is 18.8 Å². The van der Waals surface area contributed by atoms with Crippen LogP contribution < -0.4 is 10.1 Å². The van der Waals surface area contributed by atoms with Gasteiger partial charge in [0.1, 0.15) is 5.75 Å². The zero-order chi connectivity index (χ0) is 25.0. The highest BCUT2D eigenvalue weighted by atomic mass is 32.2. The predicted octanol–water partition coefficient (Wildman–Crippen LogP) is 3.85. The molecule has 3 atom stereocenters. The van der Waals surface area contributed by atoms with Gasteiger partial charge >= 0.3 is 5.97 Å². The fourth-order valence-corrected chi connectivity index (χ4v) is 5.83. The highest BCUT2D eigenvalue weighted by Crippen LogP contribution is 2.27. The fraction of sp³-hybridized carbons (Fsp3) is 0.440. The third kappa shape index (κ3) is 5.95. The molecule has 1 N–H and O–H groups in total. The predicted molar refractivity (Wildman–Crippen MR) is 129 cm³/mol. The smallest absolute Gasteiger partial charge is 0.338 e. The third-order valence-electron chi connectivity index (χ3n) is 5.83. The fourth-order valence-electron chi connectivity index (χ4n) is 4.15. The Balaban J connectivity index is 1.65. The Morgan fingerprint density at radius 3 is 2.26 bits per heavy atom. The van der Waals surface area contributed by atoms with Crippen LogP contribution in [0.2, 0.25) is 0 Å². The number of anilines is 1. The number of ether oxygens (including phenoxy) is 2.